The molecule has 0 spiro atoms. The maximum absolute atomic E-state index is 4.51. The van der Waals surface area contributed by atoms with E-state index >= 15 is 0 Å². The maximum atomic E-state index is 4.51. The van der Waals surface area contributed by atoms with E-state index in [9.17, 15) is 0 Å². The fraction of sp³-hybridized carbons (Fsp3) is 0.250. The molecular formula is C16H19N3. The van der Waals surface area contributed by atoms with Gasteiger partial charge in [-0.3, -0.25) is 10.4 Å². The summed E-state index contributed by atoms with van der Waals surface area (Å²) in [7, 11) is 0. The average molecular weight is 253 g/mol. The number of hydrazone groups is 1. The van der Waals surface area contributed by atoms with Crippen molar-refractivity contribution in [2.75, 3.05) is 5.43 Å². The zero-order chi connectivity index (χ0) is 13.5. The van der Waals surface area contributed by atoms with Crippen molar-refractivity contribution in [2.45, 2.75) is 20.3 Å². The minimum absolute atomic E-state index is 0.540. The van der Waals surface area contributed by atoms with Crippen LogP contribution in [0.1, 0.15) is 26.0 Å². The van der Waals surface area contributed by atoms with Crippen LogP contribution in [0.2, 0.25) is 0 Å². The number of rotatable bonds is 5. The number of nitrogens with zero attached hydrogens (tertiary/aromatic N) is 2. The molecule has 19 heavy (non-hydrogen) atoms. The molecule has 0 aliphatic rings. The Hall–Kier alpha value is -2.16. The van der Waals surface area contributed by atoms with E-state index in [1.807, 2.05) is 48.5 Å². The molecule has 98 valence electrons. The predicted octanol–water partition coefficient (Wildman–Crippen LogP) is 3.94. The van der Waals surface area contributed by atoms with Crippen LogP contribution in [0, 0.1) is 5.92 Å². The van der Waals surface area contributed by atoms with Gasteiger partial charge in [-0.1, -0.05) is 38.1 Å². The molecule has 1 heterocycles. The molecule has 1 aromatic heterocycles. The van der Waals surface area contributed by atoms with Gasteiger partial charge in [-0.25, -0.2) is 0 Å². The van der Waals surface area contributed by atoms with Crippen LogP contribution in [0.15, 0.2) is 59.8 Å². The van der Waals surface area contributed by atoms with Gasteiger partial charge >= 0.3 is 0 Å². The first-order valence-corrected chi connectivity index (χ1v) is 6.54. The Labute approximate surface area is 114 Å². The summed E-state index contributed by atoms with van der Waals surface area (Å²) in [5.41, 5.74) is 6.00. The molecule has 0 fully saturated rings. The molecule has 0 aliphatic carbocycles. The second-order valence-electron chi connectivity index (χ2n) is 4.85. The summed E-state index contributed by atoms with van der Waals surface area (Å²) in [6, 6.07) is 15.9. The van der Waals surface area contributed by atoms with E-state index in [0.29, 0.717) is 5.92 Å². The normalized spacial score (nSPS) is 11.6. The fourth-order valence-electron chi connectivity index (χ4n) is 1.77. The molecule has 3 nitrogen and oxygen atoms in total. The van der Waals surface area contributed by atoms with Crippen molar-refractivity contribution in [3.63, 3.8) is 0 Å². The smallest absolute Gasteiger partial charge is 0.0865 e. The zero-order valence-electron chi connectivity index (χ0n) is 11.4. The lowest BCUT2D eigenvalue weighted by molar-refractivity contribution is 0.682. The van der Waals surface area contributed by atoms with Gasteiger partial charge in [0.25, 0.3) is 0 Å². The van der Waals surface area contributed by atoms with Crippen molar-refractivity contribution >= 4 is 11.4 Å². The second-order valence-corrected chi connectivity index (χ2v) is 4.85. The Morgan fingerprint density at radius 2 is 1.84 bits per heavy atom. The molecule has 0 amide bonds. The number of para-hydroxylation sites is 1. The van der Waals surface area contributed by atoms with Crippen molar-refractivity contribution in [1.82, 2.24) is 4.98 Å². The number of hydrogen-bond donors (Lipinski definition) is 1. The van der Waals surface area contributed by atoms with Crippen molar-refractivity contribution in [1.29, 1.82) is 0 Å². The number of aromatic nitrogens is 1. The highest BCUT2D eigenvalue weighted by atomic mass is 15.3. The summed E-state index contributed by atoms with van der Waals surface area (Å²) < 4.78 is 0. The molecule has 1 N–H and O–H groups in total. The third-order valence-corrected chi connectivity index (χ3v) is 2.66. The van der Waals surface area contributed by atoms with Crippen LogP contribution in [0.4, 0.5) is 5.69 Å². The third-order valence-electron chi connectivity index (χ3n) is 2.66. The third kappa shape index (κ3) is 4.21. The van der Waals surface area contributed by atoms with Gasteiger partial charge in [0.05, 0.1) is 17.1 Å². The molecule has 3 heteroatoms. The number of benzene rings is 1. The lowest BCUT2D eigenvalue weighted by atomic mass is 10.0. The quantitative estimate of drug-likeness (QED) is 0.647. The first-order valence-electron chi connectivity index (χ1n) is 6.54. The van der Waals surface area contributed by atoms with Crippen molar-refractivity contribution in [2.24, 2.45) is 11.0 Å². The van der Waals surface area contributed by atoms with E-state index < -0.39 is 0 Å². The topological polar surface area (TPSA) is 37.3 Å². The van der Waals surface area contributed by atoms with Crippen molar-refractivity contribution < 1.29 is 0 Å². The van der Waals surface area contributed by atoms with Crippen LogP contribution >= 0.6 is 0 Å². The summed E-state index contributed by atoms with van der Waals surface area (Å²) in [5.74, 6) is 0.540. The van der Waals surface area contributed by atoms with Crippen LogP contribution < -0.4 is 5.43 Å². The maximum Gasteiger partial charge on any atom is 0.0865 e. The van der Waals surface area contributed by atoms with Gasteiger partial charge < -0.3 is 0 Å². The standard InChI is InChI=1S/C16H19N3/c1-13(2)12-16(15-10-6-7-11-17-15)19-18-14-8-4-3-5-9-14/h3-11,13,18H,12H2,1-2H3/b19-16-. The molecular weight excluding hydrogens is 234 g/mol. The number of nitrogens with one attached hydrogen (secondary N) is 1. The SMILES string of the molecule is CC(C)C/C(=N/Nc1ccccc1)c1ccccn1. The highest BCUT2D eigenvalue weighted by Crippen LogP contribution is 2.10. The molecule has 0 saturated carbocycles. The van der Waals surface area contributed by atoms with Gasteiger partial charge in [0.1, 0.15) is 0 Å². The summed E-state index contributed by atoms with van der Waals surface area (Å²) in [6.45, 7) is 4.36. The second kappa shape index (κ2) is 6.69. The van der Waals surface area contributed by atoms with Crippen LogP contribution in [0.3, 0.4) is 0 Å². The van der Waals surface area contributed by atoms with Crippen LogP contribution in [0.5, 0.6) is 0 Å². The van der Waals surface area contributed by atoms with Gasteiger partial charge in [0, 0.05) is 6.20 Å². The Morgan fingerprint density at radius 3 is 2.47 bits per heavy atom. The monoisotopic (exact) mass is 253 g/mol. The average Bonchev–Trinajstić information content (AvgIpc) is 2.45. The van der Waals surface area contributed by atoms with Gasteiger partial charge in [-0.15, -0.1) is 0 Å². The lowest BCUT2D eigenvalue weighted by Crippen LogP contribution is -2.09. The lowest BCUT2D eigenvalue weighted by Gasteiger charge is -2.09. The van der Waals surface area contributed by atoms with Crippen molar-refractivity contribution in [3.05, 3.63) is 60.4 Å². The Balaban J connectivity index is 2.18. The fourth-order valence-corrected chi connectivity index (χ4v) is 1.77. The molecule has 0 radical (unpaired) electrons. The summed E-state index contributed by atoms with van der Waals surface area (Å²) in [5, 5.41) is 4.51. The molecule has 2 rings (SSSR count). The van der Waals surface area contributed by atoms with E-state index in [0.717, 1.165) is 23.5 Å². The van der Waals surface area contributed by atoms with Gasteiger partial charge in [0.2, 0.25) is 0 Å². The molecule has 0 unspecified atom stereocenters. The van der Waals surface area contributed by atoms with Crippen molar-refractivity contribution in [3.8, 4) is 0 Å². The van der Waals surface area contributed by atoms with E-state index in [1.54, 1.807) is 6.20 Å². The Bertz CT molecular complexity index is 518. The summed E-state index contributed by atoms with van der Waals surface area (Å²) in [6.07, 6.45) is 2.70. The Kier molecular flexibility index (Phi) is 4.67. The van der Waals surface area contributed by atoms with E-state index in [1.165, 1.54) is 0 Å². The van der Waals surface area contributed by atoms with Gasteiger partial charge in [-0.05, 0) is 36.6 Å². The first kappa shape index (κ1) is 13.3. The number of hydrogen-bond acceptors (Lipinski definition) is 3. The summed E-state index contributed by atoms with van der Waals surface area (Å²) in [4.78, 5) is 4.37. The van der Waals surface area contributed by atoms with E-state index in [2.05, 4.69) is 29.4 Å². The minimum atomic E-state index is 0.540. The minimum Gasteiger partial charge on any atom is -0.278 e. The van der Waals surface area contributed by atoms with Crippen LogP contribution in [-0.2, 0) is 0 Å². The molecule has 0 aliphatic heterocycles. The predicted molar refractivity (Wildman–Crippen MR) is 80.3 cm³/mol. The molecule has 0 bridgehead atoms. The molecule has 1 aromatic carbocycles. The van der Waals surface area contributed by atoms with Gasteiger partial charge in [-0.2, -0.15) is 5.10 Å². The summed E-state index contributed by atoms with van der Waals surface area (Å²) >= 11 is 0. The zero-order valence-corrected chi connectivity index (χ0v) is 11.4. The first-order chi connectivity index (χ1) is 9.25. The van der Waals surface area contributed by atoms with E-state index in [-0.39, 0.29) is 0 Å². The van der Waals surface area contributed by atoms with Crippen LogP contribution in [0.25, 0.3) is 0 Å². The number of pyridine rings is 1. The van der Waals surface area contributed by atoms with Crippen LogP contribution in [-0.4, -0.2) is 10.7 Å². The molecule has 0 atom stereocenters. The Morgan fingerprint density at radius 1 is 1.11 bits per heavy atom. The molecule has 2 aromatic rings. The number of anilines is 1. The largest absolute Gasteiger partial charge is 0.278 e. The van der Waals surface area contributed by atoms with E-state index in [4.69, 9.17) is 0 Å². The highest BCUT2D eigenvalue weighted by molar-refractivity contribution is 5.99. The highest BCUT2D eigenvalue weighted by Gasteiger charge is 2.07. The molecule has 0 saturated heterocycles. The van der Waals surface area contributed by atoms with Gasteiger partial charge in [0.15, 0.2) is 0 Å².